The smallest absolute Gasteiger partial charge is 0.311 e. The summed E-state index contributed by atoms with van der Waals surface area (Å²) >= 11 is 0. The molecule has 4 fully saturated rings. The van der Waals surface area contributed by atoms with Crippen molar-refractivity contribution in [2.45, 2.75) is 126 Å². The van der Waals surface area contributed by atoms with Crippen LogP contribution < -0.4 is 0 Å². The summed E-state index contributed by atoms with van der Waals surface area (Å²) in [5, 5.41) is 81.9. The molecule has 0 aromatic heterocycles. The summed E-state index contributed by atoms with van der Waals surface area (Å²) in [6, 6.07) is 0. The quantitative estimate of drug-likeness (QED) is 0.117. The number of aliphatic hydroxyl groups excluding tert-OH is 8. The van der Waals surface area contributed by atoms with Crippen molar-refractivity contribution in [3.05, 3.63) is 0 Å². The molecule has 0 bridgehead atoms. The number of hydrogen-bond acceptors (Lipinski definition) is 12. The maximum Gasteiger partial charge on any atom is 0.311 e. The van der Waals surface area contributed by atoms with Gasteiger partial charge in [0.05, 0.1) is 30.8 Å². The molecule has 232 valence electrons. The third-order valence-corrected chi connectivity index (χ3v) is 9.68. The highest BCUT2D eigenvalue weighted by molar-refractivity contribution is 5.73. The number of ether oxygens (including phenoxy) is 3. The number of carbonyl (C=O) groups is 1. The summed E-state index contributed by atoms with van der Waals surface area (Å²) in [5.74, 6) is 1.30. The standard InChI is InChI=1S/C28H48O12/c1-3-12-5-13(12)6-14-7-15(14)8-17(30)16(4-2)28(37)38-11-21-25(34)27(36)23(32)19(40-21)9-18-22(31)26(35)24(33)20(10-29)39-18/h12-27,29-36H,3-11H2,1-2H3/t12-,13-,14-,15-,16+,17+,18?,19?,20?,21?,22?,23?,24?,25?,26?,27?/m0/s1. The Kier molecular flexibility index (Phi) is 10.9. The minimum absolute atomic E-state index is 0.254. The monoisotopic (exact) mass is 576 g/mol. The Morgan fingerprint density at radius 2 is 1.27 bits per heavy atom. The molecule has 4 rings (SSSR count). The van der Waals surface area contributed by atoms with Crippen LogP contribution in [0.5, 0.6) is 0 Å². The molecule has 0 spiro atoms. The first-order valence-corrected chi connectivity index (χ1v) is 14.8. The van der Waals surface area contributed by atoms with Crippen molar-refractivity contribution < 1.29 is 59.9 Å². The third kappa shape index (κ3) is 7.16. The molecule has 2 saturated heterocycles. The third-order valence-electron chi connectivity index (χ3n) is 9.68. The Hall–Kier alpha value is -0.930. The molecule has 2 aliphatic carbocycles. The topological polar surface area (TPSA) is 207 Å². The van der Waals surface area contributed by atoms with Gasteiger partial charge < -0.3 is 55.1 Å². The van der Waals surface area contributed by atoms with Gasteiger partial charge in [0.1, 0.15) is 55.4 Å². The predicted octanol–water partition coefficient (Wildman–Crippen LogP) is -1.54. The van der Waals surface area contributed by atoms with Gasteiger partial charge in [0.2, 0.25) is 0 Å². The van der Waals surface area contributed by atoms with Crippen molar-refractivity contribution in [1.82, 2.24) is 0 Å². The van der Waals surface area contributed by atoms with Crippen molar-refractivity contribution in [3.8, 4) is 0 Å². The summed E-state index contributed by atoms with van der Waals surface area (Å²) in [4.78, 5) is 12.9. The molecule has 0 aromatic rings. The molecular formula is C28H48O12. The number of hydrogen-bond donors (Lipinski definition) is 8. The van der Waals surface area contributed by atoms with E-state index in [1.165, 1.54) is 19.3 Å². The highest BCUT2D eigenvalue weighted by Gasteiger charge is 2.50. The molecule has 12 nitrogen and oxygen atoms in total. The summed E-state index contributed by atoms with van der Waals surface area (Å²) in [7, 11) is 0. The van der Waals surface area contributed by atoms with Crippen molar-refractivity contribution in [2.24, 2.45) is 29.6 Å². The van der Waals surface area contributed by atoms with Crippen LogP contribution in [0.3, 0.4) is 0 Å². The van der Waals surface area contributed by atoms with E-state index in [9.17, 15) is 45.6 Å². The van der Waals surface area contributed by atoms with Crippen molar-refractivity contribution in [2.75, 3.05) is 13.2 Å². The zero-order valence-electron chi connectivity index (χ0n) is 23.3. The van der Waals surface area contributed by atoms with E-state index in [-0.39, 0.29) is 6.42 Å². The number of carbonyl (C=O) groups excluding carboxylic acids is 1. The van der Waals surface area contributed by atoms with Crippen LogP contribution in [-0.4, -0.2) is 127 Å². The molecular weight excluding hydrogens is 528 g/mol. The lowest BCUT2D eigenvalue weighted by atomic mass is 9.87. The van der Waals surface area contributed by atoms with Gasteiger partial charge in [0.25, 0.3) is 0 Å². The lowest BCUT2D eigenvalue weighted by molar-refractivity contribution is -0.263. The van der Waals surface area contributed by atoms with E-state index >= 15 is 0 Å². The van der Waals surface area contributed by atoms with Crippen LogP contribution >= 0.6 is 0 Å². The first-order valence-electron chi connectivity index (χ1n) is 14.8. The van der Waals surface area contributed by atoms with E-state index < -0.39 is 92.2 Å². The molecule has 0 amide bonds. The van der Waals surface area contributed by atoms with Crippen LogP contribution in [-0.2, 0) is 19.0 Å². The first-order chi connectivity index (χ1) is 19.0. The van der Waals surface area contributed by atoms with Gasteiger partial charge in [-0.3, -0.25) is 4.79 Å². The predicted molar refractivity (Wildman–Crippen MR) is 139 cm³/mol. The molecule has 12 heteroatoms. The van der Waals surface area contributed by atoms with Gasteiger partial charge in [-0.25, -0.2) is 0 Å². The summed E-state index contributed by atoms with van der Waals surface area (Å²) in [5.41, 5.74) is 0. The Morgan fingerprint density at radius 1 is 0.750 bits per heavy atom. The Bertz CT molecular complexity index is 827. The van der Waals surface area contributed by atoms with Crippen molar-refractivity contribution in [1.29, 1.82) is 0 Å². The molecule has 16 atom stereocenters. The zero-order valence-corrected chi connectivity index (χ0v) is 23.3. The maximum absolute atomic E-state index is 12.9. The molecule has 0 radical (unpaired) electrons. The van der Waals surface area contributed by atoms with Crippen LogP contribution in [0.1, 0.15) is 58.8 Å². The van der Waals surface area contributed by atoms with Gasteiger partial charge >= 0.3 is 5.97 Å². The van der Waals surface area contributed by atoms with Crippen LogP contribution in [0.4, 0.5) is 0 Å². The SMILES string of the molecule is CC[C@H]1C[C@H]1C[C@H]1C[C@H]1C[C@@H](O)[C@@H](CC)C(=O)OCC1OC(CC2OC(CO)C(O)C(O)C2O)C(O)C(O)C1O. The minimum Gasteiger partial charge on any atom is -0.463 e. The highest BCUT2D eigenvalue weighted by Crippen LogP contribution is 2.54. The number of rotatable bonds is 13. The number of esters is 1. The van der Waals surface area contributed by atoms with E-state index in [4.69, 9.17) is 14.2 Å². The van der Waals surface area contributed by atoms with Crippen LogP contribution in [0, 0.1) is 29.6 Å². The highest BCUT2D eigenvalue weighted by atomic mass is 16.6. The van der Waals surface area contributed by atoms with Gasteiger partial charge in [-0.1, -0.05) is 20.3 Å². The van der Waals surface area contributed by atoms with Crippen LogP contribution in [0.2, 0.25) is 0 Å². The molecule has 2 aliphatic heterocycles. The fourth-order valence-corrected chi connectivity index (χ4v) is 6.68. The second-order valence-electron chi connectivity index (χ2n) is 12.4. The largest absolute Gasteiger partial charge is 0.463 e. The molecule has 2 heterocycles. The van der Waals surface area contributed by atoms with Gasteiger partial charge in [0, 0.05) is 6.42 Å². The molecule has 10 unspecified atom stereocenters. The van der Waals surface area contributed by atoms with E-state index in [1.807, 2.05) is 0 Å². The molecule has 4 aliphatic rings. The minimum atomic E-state index is -1.66. The molecule has 8 N–H and O–H groups in total. The molecule has 2 saturated carbocycles. The summed E-state index contributed by atoms with van der Waals surface area (Å²) < 4.78 is 16.6. The average molecular weight is 577 g/mol. The summed E-state index contributed by atoms with van der Waals surface area (Å²) in [6.45, 7) is 2.94. The van der Waals surface area contributed by atoms with E-state index in [2.05, 4.69) is 6.92 Å². The Labute approximate surface area is 234 Å². The summed E-state index contributed by atoms with van der Waals surface area (Å²) in [6.07, 6.45) is -9.69. The van der Waals surface area contributed by atoms with E-state index in [0.29, 0.717) is 24.7 Å². The second-order valence-corrected chi connectivity index (χ2v) is 12.4. The maximum atomic E-state index is 12.9. The lowest BCUT2D eigenvalue weighted by Crippen LogP contribution is -2.62. The van der Waals surface area contributed by atoms with Gasteiger partial charge in [-0.15, -0.1) is 0 Å². The first kappa shape index (κ1) is 32.0. The van der Waals surface area contributed by atoms with Crippen LogP contribution in [0.15, 0.2) is 0 Å². The molecule has 0 aromatic carbocycles. The fourth-order valence-electron chi connectivity index (χ4n) is 6.68. The average Bonchev–Trinajstić information content (AvgIpc) is 3.86. The zero-order chi connectivity index (χ0) is 29.3. The number of aliphatic hydroxyl groups is 8. The normalized spacial score (nSPS) is 46.5. The molecule has 40 heavy (non-hydrogen) atoms. The second kappa shape index (κ2) is 13.6. The van der Waals surface area contributed by atoms with Crippen molar-refractivity contribution in [3.63, 3.8) is 0 Å². The van der Waals surface area contributed by atoms with Gasteiger partial charge in [0.15, 0.2) is 0 Å². The van der Waals surface area contributed by atoms with Crippen molar-refractivity contribution >= 4 is 5.97 Å². The van der Waals surface area contributed by atoms with Gasteiger partial charge in [-0.05, 0) is 55.8 Å². The van der Waals surface area contributed by atoms with Gasteiger partial charge in [-0.2, -0.15) is 0 Å². The lowest BCUT2D eigenvalue weighted by Gasteiger charge is -2.45. The Balaban J connectivity index is 1.28. The van der Waals surface area contributed by atoms with Crippen LogP contribution in [0.25, 0.3) is 0 Å². The van der Waals surface area contributed by atoms with E-state index in [1.54, 1.807) is 6.92 Å². The fraction of sp³-hybridized carbons (Fsp3) is 0.964. The van der Waals surface area contributed by atoms with E-state index in [0.717, 1.165) is 18.3 Å². The Morgan fingerprint density at radius 3 is 1.82 bits per heavy atom.